The predicted octanol–water partition coefficient (Wildman–Crippen LogP) is -0.842. The minimum atomic E-state index is 0. The van der Waals surface area contributed by atoms with Gasteiger partial charge in [-0.15, -0.1) is 0 Å². The van der Waals surface area contributed by atoms with Gasteiger partial charge in [0, 0.05) is 0 Å². The maximum absolute atomic E-state index is 0. The van der Waals surface area contributed by atoms with Gasteiger partial charge >= 0.3 is 83.7 Å². The summed E-state index contributed by atoms with van der Waals surface area (Å²) in [6.07, 6.45) is 0. The molecule has 0 fully saturated rings. The van der Waals surface area contributed by atoms with Gasteiger partial charge in [-0.3, -0.25) is 0 Å². The van der Waals surface area contributed by atoms with E-state index in [4.69, 9.17) is 0 Å². The average Bonchev–Trinajstić information content (AvgIpc) is 0. The molecular formula is O7Ta2Zn2. The molecule has 7 nitrogen and oxygen atoms in total. The molecule has 0 aromatic carbocycles. The van der Waals surface area contributed by atoms with Crippen LogP contribution in [0.25, 0.3) is 0 Å². The van der Waals surface area contributed by atoms with Crippen molar-refractivity contribution in [2.45, 2.75) is 0 Å². The topological polar surface area (TPSA) is 200 Å². The molecule has 0 bridgehead atoms. The summed E-state index contributed by atoms with van der Waals surface area (Å²) in [6, 6.07) is 0. The van der Waals surface area contributed by atoms with Gasteiger partial charge in [-0.2, -0.15) is 0 Å². The van der Waals surface area contributed by atoms with Crippen LogP contribution >= 0.6 is 0 Å². The molecule has 0 aliphatic carbocycles. The molecule has 0 unspecified atom stereocenters. The van der Waals surface area contributed by atoms with E-state index in [9.17, 15) is 0 Å². The molecule has 11 heteroatoms. The Morgan fingerprint density at radius 2 is 0.273 bits per heavy atom. The minimum Gasteiger partial charge on any atom is -2.00 e. The van der Waals surface area contributed by atoms with Gasteiger partial charge in [0.2, 0.25) is 0 Å². The standard InChI is InChI=1S/7O.2Ta.2Zn/q7*-2;2*+5;2*+2. The van der Waals surface area contributed by atoms with E-state index in [1.807, 2.05) is 0 Å². The summed E-state index contributed by atoms with van der Waals surface area (Å²) >= 11 is 0. The normalized spacial score (nSPS) is 0. The summed E-state index contributed by atoms with van der Waals surface area (Å²) in [5, 5.41) is 0. The first-order valence-corrected chi connectivity index (χ1v) is 0. The van der Waals surface area contributed by atoms with Gasteiger partial charge in [-0.1, -0.05) is 0 Å². The van der Waals surface area contributed by atoms with Crippen LogP contribution in [0.3, 0.4) is 0 Å². The molecule has 0 aromatic rings. The van der Waals surface area contributed by atoms with Crippen molar-refractivity contribution in [2.75, 3.05) is 0 Å². The van der Waals surface area contributed by atoms with E-state index < -0.39 is 0 Å². The van der Waals surface area contributed by atoms with E-state index in [2.05, 4.69) is 0 Å². The Hall–Kier alpha value is 2.45. The molecule has 0 N–H and O–H groups in total. The van der Waals surface area contributed by atoms with Crippen molar-refractivity contribution >= 4 is 0 Å². The summed E-state index contributed by atoms with van der Waals surface area (Å²) in [7, 11) is 0. The van der Waals surface area contributed by atoms with Crippen molar-refractivity contribution in [3.8, 4) is 0 Å². The number of rotatable bonds is 0. The fraction of sp³-hybridized carbons (Fsp3) is 0. The quantitative estimate of drug-likeness (QED) is 0.311. The largest absolute Gasteiger partial charge is 5.00 e. The van der Waals surface area contributed by atoms with Crippen LogP contribution in [0.4, 0.5) is 0 Å². The molecule has 0 atom stereocenters. The van der Waals surface area contributed by atoms with Crippen LogP contribution in [0, 0.1) is 0 Å². The molecule has 0 aromatic heterocycles. The summed E-state index contributed by atoms with van der Waals surface area (Å²) < 4.78 is 0. The van der Waals surface area contributed by atoms with E-state index in [0.717, 1.165) is 0 Å². The van der Waals surface area contributed by atoms with Gasteiger partial charge in [0.1, 0.15) is 0 Å². The maximum Gasteiger partial charge on any atom is 5.00 e. The summed E-state index contributed by atoms with van der Waals surface area (Å²) in [4.78, 5) is 0. The van der Waals surface area contributed by atoms with E-state index in [-0.39, 0.29) is 122 Å². The van der Waals surface area contributed by atoms with Gasteiger partial charge in [-0.05, 0) is 0 Å². The third kappa shape index (κ3) is 227. The Morgan fingerprint density at radius 3 is 0.273 bits per heavy atom. The fourth-order valence-corrected chi connectivity index (χ4v) is 0. The fourth-order valence-electron chi connectivity index (χ4n) is 0. The molecule has 0 saturated heterocycles. The van der Waals surface area contributed by atoms with Crippen molar-refractivity contribution in [3.05, 3.63) is 0 Å². The van der Waals surface area contributed by atoms with E-state index in [1.165, 1.54) is 0 Å². The zero-order valence-electron chi connectivity index (χ0n) is 5.17. The summed E-state index contributed by atoms with van der Waals surface area (Å²) in [5.41, 5.74) is 0. The van der Waals surface area contributed by atoms with Gasteiger partial charge in [0.25, 0.3) is 0 Å². The van der Waals surface area contributed by atoms with Gasteiger partial charge in [0.05, 0.1) is 0 Å². The average molecular weight is 605 g/mol. The minimum absolute atomic E-state index is 0. The van der Waals surface area contributed by atoms with Crippen molar-refractivity contribution in [1.82, 2.24) is 0 Å². The molecule has 0 spiro atoms. The predicted molar refractivity (Wildman–Crippen MR) is 4.81 cm³/mol. The van der Waals surface area contributed by atoms with Gasteiger partial charge in [0.15, 0.2) is 0 Å². The second-order valence-corrected chi connectivity index (χ2v) is 0. The monoisotopic (exact) mass is 602 g/mol. The van der Waals surface area contributed by atoms with E-state index >= 15 is 0 Å². The van der Waals surface area contributed by atoms with Crippen LogP contribution in [0.5, 0.6) is 0 Å². The van der Waals surface area contributed by atoms with E-state index in [0.29, 0.717) is 0 Å². The molecule has 0 rings (SSSR count). The summed E-state index contributed by atoms with van der Waals surface area (Å²) in [6.45, 7) is 0. The first-order chi connectivity index (χ1) is 0. The SMILES string of the molecule is [O-2].[O-2].[O-2].[O-2].[O-2].[O-2].[O-2].[Ta+5].[Ta+5].[Zn+2].[Zn+2]. The molecule has 0 saturated carbocycles. The van der Waals surface area contributed by atoms with Crippen LogP contribution < -0.4 is 0 Å². The molecule has 56 valence electrons. The van der Waals surface area contributed by atoms with Crippen molar-refractivity contribution in [3.63, 3.8) is 0 Å². The van der Waals surface area contributed by atoms with Crippen molar-refractivity contribution < 1.29 is 122 Å². The van der Waals surface area contributed by atoms with Crippen LogP contribution in [-0.2, 0) is 122 Å². The van der Waals surface area contributed by atoms with E-state index in [1.54, 1.807) is 0 Å². The van der Waals surface area contributed by atoms with Crippen molar-refractivity contribution in [2.24, 2.45) is 0 Å². The molecular weight excluding hydrogens is 605 g/mol. The van der Waals surface area contributed by atoms with Crippen molar-refractivity contribution in [1.29, 1.82) is 0 Å². The Balaban J connectivity index is 0. The Morgan fingerprint density at radius 1 is 0.273 bits per heavy atom. The van der Waals surface area contributed by atoms with Crippen LogP contribution in [0.1, 0.15) is 0 Å². The molecule has 11 heavy (non-hydrogen) atoms. The molecule has 0 aliphatic rings. The third-order valence-electron chi connectivity index (χ3n) is 0. The maximum atomic E-state index is 0. The Bertz CT molecular complexity index is 14.4. The zero-order valence-corrected chi connectivity index (χ0v) is 17.5. The molecule has 0 radical (unpaired) electrons. The second-order valence-electron chi connectivity index (χ2n) is 0. The smallest absolute Gasteiger partial charge is 2.00 e. The van der Waals surface area contributed by atoms with Crippen LogP contribution in [0.2, 0.25) is 0 Å². The van der Waals surface area contributed by atoms with Crippen LogP contribution in [0.15, 0.2) is 0 Å². The zero-order chi connectivity index (χ0) is 0. The first-order valence-electron chi connectivity index (χ1n) is 0. The van der Waals surface area contributed by atoms with Crippen LogP contribution in [-0.4, -0.2) is 0 Å². The molecule has 0 aliphatic heterocycles. The Kier molecular flexibility index (Phi) is 8610. The molecule has 0 heterocycles. The first kappa shape index (κ1) is 348. The third-order valence-corrected chi connectivity index (χ3v) is 0. The van der Waals surface area contributed by atoms with Gasteiger partial charge < -0.3 is 38.3 Å². The Labute approximate surface area is 121 Å². The summed E-state index contributed by atoms with van der Waals surface area (Å²) in [5.74, 6) is 0. The number of hydrogen-bond donors (Lipinski definition) is 0. The number of hydrogen-bond acceptors (Lipinski definition) is 0. The second kappa shape index (κ2) is 272. The van der Waals surface area contributed by atoms with Gasteiger partial charge in [-0.25, -0.2) is 0 Å². The molecule has 0 amide bonds.